The van der Waals surface area contributed by atoms with Crippen LogP contribution in [-0.4, -0.2) is 10.1 Å². The molecule has 0 aliphatic carbocycles. The zero-order valence-electron chi connectivity index (χ0n) is 8.72. The summed E-state index contributed by atoms with van der Waals surface area (Å²) in [7, 11) is 0. The lowest BCUT2D eigenvalue weighted by Crippen LogP contribution is -2.03. The van der Waals surface area contributed by atoms with Crippen LogP contribution in [0.1, 0.15) is 5.56 Å². The Kier molecular flexibility index (Phi) is 2.91. The largest absolute Gasteiger partial charge is 0.508 e. The number of aromatic hydroxyl groups is 1. The lowest BCUT2D eigenvalue weighted by molar-refractivity contribution is 0.475. The molecule has 2 rings (SSSR count). The lowest BCUT2D eigenvalue weighted by atomic mass is 10.2. The van der Waals surface area contributed by atoms with E-state index < -0.39 is 0 Å². The lowest BCUT2D eigenvalue weighted by Gasteiger charge is -2.08. The van der Waals surface area contributed by atoms with Gasteiger partial charge in [-0.3, -0.25) is 4.98 Å². The molecule has 4 nitrogen and oxygen atoms in total. The molecule has 0 amide bonds. The Morgan fingerprint density at radius 3 is 2.94 bits per heavy atom. The summed E-state index contributed by atoms with van der Waals surface area (Å²) in [5.41, 5.74) is 8.28. The van der Waals surface area contributed by atoms with E-state index in [9.17, 15) is 5.11 Å². The summed E-state index contributed by atoms with van der Waals surface area (Å²) in [4.78, 5) is 4.01. The topological polar surface area (TPSA) is 71.2 Å². The van der Waals surface area contributed by atoms with Crippen molar-refractivity contribution in [3.8, 4) is 5.75 Å². The van der Waals surface area contributed by atoms with Gasteiger partial charge in [-0.1, -0.05) is 6.07 Å². The molecule has 2 aromatic rings. The van der Waals surface area contributed by atoms with Crippen molar-refractivity contribution in [2.75, 3.05) is 11.1 Å². The van der Waals surface area contributed by atoms with Crippen LogP contribution >= 0.6 is 0 Å². The zero-order chi connectivity index (χ0) is 11.4. The van der Waals surface area contributed by atoms with Crippen molar-refractivity contribution in [3.05, 3.63) is 48.3 Å². The Labute approximate surface area is 93.8 Å². The van der Waals surface area contributed by atoms with Crippen LogP contribution in [0.4, 0.5) is 11.4 Å². The third kappa shape index (κ3) is 2.42. The van der Waals surface area contributed by atoms with E-state index in [0.717, 1.165) is 11.3 Å². The Balaban J connectivity index is 2.05. The van der Waals surface area contributed by atoms with Crippen LogP contribution < -0.4 is 11.1 Å². The Hall–Kier alpha value is -2.23. The van der Waals surface area contributed by atoms with Crippen LogP contribution in [0.2, 0.25) is 0 Å². The Bertz CT molecular complexity index is 485. The minimum atomic E-state index is 0.240. The van der Waals surface area contributed by atoms with Gasteiger partial charge in [-0.25, -0.2) is 0 Å². The summed E-state index contributed by atoms with van der Waals surface area (Å²) in [5.74, 6) is 0.240. The number of pyridine rings is 1. The number of nitrogens with two attached hydrogens (primary N) is 1. The zero-order valence-corrected chi connectivity index (χ0v) is 8.72. The molecule has 0 saturated carbocycles. The van der Waals surface area contributed by atoms with Gasteiger partial charge in [0.2, 0.25) is 0 Å². The van der Waals surface area contributed by atoms with E-state index in [2.05, 4.69) is 10.3 Å². The number of benzene rings is 1. The van der Waals surface area contributed by atoms with Crippen molar-refractivity contribution >= 4 is 11.4 Å². The summed E-state index contributed by atoms with van der Waals surface area (Å²) in [6.07, 6.45) is 3.39. The summed E-state index contributed by atoms with van der Waals surface area (Å²) in [6.45, 7) is 0.586. The van der Waals surface area contributed by atoms with Gasteiger partial charge in [0, 0.05) is 41.9 Å². The van der Waals surface area contributed by atoms with Gasteiger partial charge in [0.25, 0.3) is 0 Å². The van der Waals surface area contributed by atoms with Gasteiger partial charge in [-0.2, -0.15) is 0 Å². The Morgan fingerprint density at radius 2 is 2.19 bits per heavy atom. The molecule has 0 fully saturated rings. The quantitative estimate of drug-likeness (QED) is 0.732. The first kappa shape index (κ1) is 10.3. The molecule has 0 spiro atoms. The van der Waals surface area contributed by atoms with Gasteiger partial charge < -0.3 is 16.2 Å². The number of phenolic OH excluding ortho intramolecular Hbond substituents is 1. The minimum Gasteiger partial charge on any atom is -0.508 e. The van der Waals surface area contributed by atoms with Crippen LogP contribution in [-0.2, 0) is 6.54 Å². The van der Waals surface area contributed by atoms with Crippen molar-refractivity contribution in [2.24, 2.45) is 0 Å². The van der Waals surface area contributed by atoms with Crippen molar-refractivity contribution in [1.29, 1.82) is 0 Å². The van der Waals surface area contributed by atoms with Gasteiger partial charge in [-0.15, -0.1) is 0 Å². The third-order valence-corrected chi connectivity index (χ3v) is 2.27. The number of nitrogens with zero attached hydrogens (tertiary/aromatic N) is 1. The van der Waals surface area contributed by atoms with Crippen molar-refractivity contribution in [2.45, 2.75) is 6.54 Å². The number of hydrogen-bond donors (Lipinski definition) is 3. The molecule has 4 heteroatoms. The maximum Gasteiger partial charge on any atom is 0.117 e. The predicted molar refractivity (Wildman–Crippen MR) is 64.1 cm³/mol. The molecule has 4 N–H and O–H groups in total. The molecule has 82 valence electrons. The number of phenols is 1. The fraction of sp³-hybridized carbons (Fsp3) is 0.0833. The summed E-state index contributed by atoms with van der Waals surface area (Å²) >= 11 is 0. The van der Waals surface area contributed by atoms with Crippen LogP contribution in [0.25, 0.3) is 0 Å². The highest BCUT2D eigenvalue weighted by Gasteiger charge is 1.98. The molecule has 0 atom stereocenters. The minimum absolute atomic E-state index is 0.240. The first-order valence-corrected chi connectivity index (χ1v) is 4.97. The predicted octanol–water partition coefficient (Wildman–Crippen LogP) is 1.98. The number of nitrogen functional groups attached to an aromatic ring is 1. The number of rotatable bonds is 3. The van der Waals surface area contributed by atoms with E-state index in [0.29, 0.717) is 12.2 Å². The van der Waals surface area contributed by atoms with E-state index >= 15 is 0 Å². The first-order valence-electron chi connectivity index (χ1n) is 4.97. The fourth-order valence-corrected chi connectivity index (χ4v) is 1.40. The molecular weight excluding hydrogens is 202 g/mol. The van der Waals surface area contributed by atoms with Crippen LogP contribution in [0.15, 0.2) is 42.7 Å². The maximum absolute atomic E-state index is 9.29. The van der Waals surface area contributed by atoms with E-state index in [1.807, 2.05) is 6.07 Å². The second-order valence-corrected chi connectivity index (χ2v) is 3.48. The normalized spacial score (nSPS) is 10.0. The first-order chi connectivity index (χ1) is 7.75. The monoisotopic (exact) mass is 215 g/mol. The molecule has 1 aromatic carbocycles. The SMILES string of the molecule is Nc1ccncc1CNc1cccc(O)c1. The van der Waals surface area contributed by atoms with E-state index in [-0.39, 0.29) is 5.75 Å². The average molecular weight is 215 g/mol. The molecule has 1 heterocycles. The highest BCUT2D eigenvalue weighted by atomic mass is 16.3. The summed E-state index contributed by atoms with van der Waals surface area (Å²) in [5, 5.41) is 12.5. The van der Waals surface area contributed by atoms with Crippen LogP contribution in [0.3, 0.4) is 0 Å². The third-order valence-electron chi connectivity index (χ3n) is 2.27. The average Bonchev–Trinajstić information content (AvgIpc) is 2.28. The number of hydrogen-bond acceptors (Lipinski definition) is 4. The van der Waals surface area contributed by atoms with Crippen LogP contribution in [0, 0.1) is 0 Å². The molecule has 0 bridgehead atoms. The van der Waals surface area contributed by atoms with Gasteiger partial charge >= 0.3 is 0 Å². The van der Waals surface area contributed by atoms with Gasteiger partial charge in [0.1, 0.15) is 5.75 Å². The fourth-order valence-electron chi connectivity index (χ4n) is 1.40. The molecule has 16 heavy (non-hydrogen) atoms. The number of nitrogens with one attached hydrogen (secondary N) is 1. The Morgan fingerprint density at radius 1 is 1.31 bits per heavy atom. The highest BCUT2D eigenvalue weighted by molar-refractivity contribution is 5.51. The molecule has 0 radical (unpaired) electrons. The molecule has 0 saturated heterocycles. The molecular formula is C12H13N3O. The molecule has 0 aliphatic heterocycles. The second kappa shape index (κ2) is 4.53. The summed E-state index contributed by atoms with van der Waals surface area (Å²) in [6, 6.07) is 8.71. The van der Waals surface area contributed by atoms with E-state index in [1.165, 1.54) is 0 Å². The van der Waals surface area contributed by atoms with Crippen molar-refractivity contribution in [1.82, 2.24) is 4.98 Å². The van der Waals surface area contributed by atoms with Crippen molar-refractivity contribution in [3.63, 3.8) is 0 Å². The smallest absolute Gasteiger partial charge is 0.117 e. The molecule has 1 aromatic heterocycles. The molecule has 0 aliphatic rings. The van der Waals surface area contributed by atoms with Crippen LogP contribution in [0.5, 0.6) is 5.75 Å². The highest BCUT2D eigenvalue weighted by Crippen LogP contribution is 2.17. The van der Waals surface area contributed by atoms with Gasteiger partial charge in [-0.05, 0) is 18.2 Å². The second-order valence-electron chi connectivity index (χ2n) is 3.48. The van der Waals surface area contributed by atoms with E-state index in [1.54, 1.807) is 36.7 Å². The molecule has 0 unspecified atom stereocenters. The number of anilines is 2. The van der Waals surface area contributed by atoms with Gasteiger partial charge in [0.05, 0.1) is 0 Å². The van der Waals surface area contributed by atoms with Gasteiger partial charge in [0.15, 0.2) is 0 Å². The summed E-state index contributed by atoms with van der Waals surface area (Å²) < 4.78 is 0. The van der Waals surface area contributed by atoms with E-state index in [4.69, 9.17) is 5.73 Å². The van der Waals surface area contributed by atoms with Crippen molar-refractivity contribution < 1.29 is 5.11 Å². The number of aromatic nitrogens is 1. The standard InChI is InChI=1S/C12H13N3O/c13-12-4-5-14-7-9(12)8-15-10-2-1-3-11(16)6-10/h1-7,15-16H,8H2,(H2,13,14). The maximum atomic E-state index is 9.29.